The highest BCUT2D eigenvalue weighted by atomic mass is 16.6. The van der Waals surface area contributed by atoms with Gasteiger partial charge in [-0.15, -0.1) is 0 Å². The third-order valence-corrected chi connectivity index (χ3v) is 4.41. The highest BCUT2D eigenvalue weighted by Gasteiger charge is 2.37. The van der Waals surface area contributed by atoms with Crippen LogP contribution in [0, 0.1) is 0 Å². The second-order valence-corrected chi connectivity index (χ2v) is 5.95. The maximum atomic E-state index is 12.7. The van der Waals surface area contributed by atoms with Crippen molar-refractivity contribution in [2.45, 2.75) is 0 Å². The average molecular weight is 396 g/mol. The maximum Gasteiger partial charge on any atom is 0.348 e. The third-order valence-electron chi connectivity index (χ3n) is 4.41. The van der Waals surface area contributed by atoms with Gasteiger partial charge in [0, 0.05) is 0 Å². The van der Waals surface area contributed by atoms with Gasteiger partial charge in [-0.3, -0.25) is 0 Å². The van der Waals surface area contributed by atoms with E-state index in [4.69, 9.17) is 23.7 Å². The van der Waals surface area contributed by atoms with Crippen molar-refractivity contribution in [3.8, 4) is 11.5 Å². The molecule has 7 nitrogen and oxygen atoms in total. The van der Waals surface area contributed by atoms with E-state index in [9.17, 15) is 9.59 Å². The molecule has 0 radical (unpaired) electrons. The Hall–Kier alpha value is -3.74. The number of esters is 2. The van der Waals surface area contributed by atoms with Crippen LogP contribution in [-0.2, 0) is 23.8 Å². The molecule has 0 saturated carbocycles. The number of methoxy groups -OCH3 is 4. The van der Waals surface area contributed by atoms with Crippen LogP contribution in [0.3, 0.4) is 0 Å². The third kappa shape index (κ3) is 3.80. The van der Waals surface area contributed by atoms with Gasteiger partial charge in [-0.2, -0.15) is 0 Å². The molecule has 0 fully saturated rings. The molecule has 0 atom stereocenters. The molecule has 2 aromatic rings. The first-order valence-corrected chi connectivity index (χ1v) is 8.66. The molecule has 0 aromatic heterocycles. The lowest BCUT2D eigenvalue weighted by molar-refractivity contribution is -0.134. The fourth-order valence-corrected chi connectivity index (χ4v) is 2.96. The second-order valence-electron chi connectivity index (χ2n) is 5.95. The van der Waals surface area contributed by atoms with Crippen LogP contribution >= 0.6 is 0 Å². The highest BCUT2D eigenvalue weighted by Crippen LogP contribution is 2.38. The number of carbonyl (C=O) groups excluding carboxylic acids is 2. The van der Waals surface area contributed by atoms with Gasteiger partial charge >= 0.3 is 11.9 Å². The van der Waals surface area contributed by atoms with E-state index in [1.807, 2.05) is 0 Å². The van der Waals surface area contributed by atoms with Crippen LogP contribution in [-0.4, -0.2) is 40.4 Å². The summed E-state index contributed by atoms with van der Waals surface area (Å²) in [6, 6.07) is 13.6. The zero-order chi connectivity index (χ0) is 21.0. The predicted octanol–water partition coefficient (Wildman–Crippen LogP) is 3.20. The van der Waals surface area contributed by atoms with Gasteiger partial charge in [0.1, 0.15) is 22.6 Å². The molecule has 29 heavy (non-hydrogen) atoms. The lowest BCUT2D eigenvalue weighted by Gasteiger charge is -2.11. The zero-order valence-corrected chi connectivity index (χ0v) is 16.5. The van der Waals surface area contributed by atoms with Crippen LogP contribution in [0.1, 0.15) is 11.1 Å². The number of rotatable bonds is 6. The summed E-state index contributed by atoms with van der Waals surface area (Å²) in [5, 5.41) is 0. The zero-order valence-electron chi connectivity index (χ0n) is 16.5. The molecule has 1 heterocycles. The van der Waals surface area contributed by atoms with Crippen molar-refractivity contribution in [1.29, 1.82) is 0 Å². The second kappa shape index (κ2) is 8.52. The molecule has 3 rings (SSSR count). The van der Waals surface area contributed by atoms with Crippen molar-refractivity contribution < 1.29 is 33.3 Å². The molecule has 0 spiro atoms. The molecule has 0 bridgehead atoms. The van der Waals surface area contributed by atoms with E-state index in [1.165, 1.54) is 14.2 Å². The van der Waals surface area contributed by atoms with E-state index in [-0.39, 0.29) is 22.7 Å². The van der Waals surface area contributed by atoms with Crippen molar-refractivity contribution in [1.82, 2.24) is 0 Å². The van der Waals surface area contributed by atoms with Gasteiger partial charge in [-0.25, -0.2) is 9.59 Å². The molecule has 1 aliphatic heterocycles. The molecular formula is C22H20O7. The van der Waals surface area contributed by atoms with Crippen LogP contribution in [0.5, 0.6) is 11.5 Å². The molecule has 2 aromatic carbocycles. The van der Waals surface area contributed by atoms with Crippen LogP contribution in [0.15, 0.2) is 60.0 Å². The molecule has 150 valence electrons. The van der Waals surface area contributed by atoms with Gasteiger partial charge in [-0.1, -0.05) is 24.3 Å². The van der Waals surface area contributed by atoms with E-state index in [0.29, 0.717) is 22.6 Å². The number of benzene rings is 2. The van der Waals surface area contributed by atoms with Crippen LogP contribution in [0.2, 0.25) is 0 Å². The number of cyclic esters (lactones) is 1. The first kappa shape index (κ1) is 20.0. The topological polar surface area (TPSA) is 80.3 Å². The van der Waals surface area contributed by atoms with E-state index in [2.05, 4.69) is 0 Å². The number of carbonyl (C=O) groups is 2. The lowest BCUT2D eigenvalue weighted by Crippen LogP contribution is -2.09. The predicted molar refractivity (Wildman–Crippen MR) is 105 cm³/mol. The number of hydrogen-bond donors (Lipinski definition) is 0. The number of ether oxygens (including phenoxy) is 5. The fourth-order valence-electron chi connectivity index (χ4n) is 2.96. The van der Waals surface area contributed by atoms with Gasteiger partial charge in [-0.05, 0) is 35.4 Å². The van der Waals surface area contributed by atoms with Gasteiger partial charge < -0.3 is 23.7 Å². The van der Waals surface area contributed by atoms with Crippen molar-refractivity contribution in [3.63, 3.8) is 0 Å². The standard InChI is InChI=1S/C22H20O7/c1-25-15-9-5-13(6-10-15)17-19(27-3)20(29-22(17)24)18(21(23)28-4)14-7-11-16(26-2)12-8-14/h5-12H,1-4H3. The highest BCUT2D eigenvalue weighted by molar-refractivity contribution is 6.25. The Morgan fingerprint density at radius 1 is 0.793 bits per heavy atom. The SMILES string of the molecule is COC(=O)C(=C1OC(=O)C(c2ccc(OC)cc2)=C1OC)c1ccc(OC)cc1. The van der Waals surface area contributed by atoms with Crippen molar-refractivity contribution in [2.24, 2.45) is 0 Å². The van der Waals surface area contributed by atoms with Crippen LogP contribution in [0.4, 0.5) is 0 Å². The Morgan fingerprint density at radius 3 is 1.83 bits per heavy atom. The summed E-state index contributed by atoms with van der Waals surface area (Å²) in [4.78, 5) is 25.2. The van der Waals surface area contributed by atoms with Crippen LogP contribution < -0.4 is 9.47 Å². The summed E-state index contributed by atoms with van der Waals surface area (Å²) in [6.45, 7) is 0. The fraction of sp³-hybridized carbons (Fsp3) is 0.182. The smallest absolute Gasteiger partial charge is 0.348 e. The summed E-state index contributed by atoms with van der Waals surface area (Å²) in [5.41, 5.74) is 1.34. The first-order chi connectivity index (χ1) is 14.0. The molecule has 1 aliphatic rings. The molecule has 7 heteroatoms. The Morgan fingerprint density at radius 2 is 1.34 bits per heavy atom. The van der Waals surface area contributed by atoms with Crippen molar-refractivity contribution >= 4 is 23.1 Å². The summed E-state index contributed by atoms with van der Waals surface area (Å²) in [5.74, 6) is 0.119. The molecule has 0 saturated heterocycles. The van der Waals surface area contributed by atoms with Gasteiger partial charge in [0.25, 0.3) is 0 Å². The lowest BCUT2D eigenvalue weighted by atomic mass is 10.0. The molecule has 0 aliphatic carbocycles. The van der Waals surface area contributed by atoms with Crippen molar-refractivity contribution in [2.75, 3.05) is 28.4 Å². The van der Waals surface area contributed by atoms with E-state index < -0.39 is 11.9 Å². The summed E-state index contributed by atoms with van der Waals surface area (Å²) >= 11 is 0. The van der Waals surface area contributed by atoms with Gasteiger partial charge in [0.2, 0.25) is 0 Å². The van der Waals surface area contributed by atoms with Gasteiger partial charge in [0.15, 0.2) is 11.5 Å². The van der Waals surface area contributed by atoms with Gasteiger partial charge in [0.05, 0.1) is 28.4 Å². The first-order valence-electron chi connectivity index (χ1n) is 8.66. The Kier molecular flexibility index (Phi) is 5.87. The summed E-state index contributed by atoms with van der Waals surface area (Å²) < 4.78 is 26.2. The van der Waals surface area contributed by atoms with E-state index in [0.717, 1.165) is 0 Å². The summed E-state index contributed by atoms with van der Waals surface area (Å²) in [7, 11) is 5.75. The minimum atomic E-state index is -0.663. The molecule has 0 N–H and O–H groups in total. The van der Waals surface area contributed by atoms with E-state index >= 15 is 0 Å². The molecule has 0 amide bonds. The summed E-state index contributed by atoms with van der Waals surface area (Å²) in [6.07, 6.45) is 0. The Labute approximate surface area is 168 Å². The monoisotopic (exact) mass is 396 g/mol. The maximum absolute atomic E-state index is 12.7. The van der Waals surface area contributed by atoms with Crippen LogP contribution in [0.25, 0.3) is 11.1 Å². The number of hydrogen-bond acceptors (Lipinski definition) is 7. The van der Waals surface area contributed by atoms with Crippen molar-refractivity contribution in [3.05, 3.63) is 71.2 Å². The minimum absolute atomic E-state index is 0.000310. The molecule has 0 unspecified atom stereocenters. The quantitative estimate of drug-likeness (QED) is 0.548. The Balaban J connectivity index is 2.19. The Bertz CT molecular complexity index is 983. The normalized spacial score (nSPS) is 15.0. The van der Waals surface area contributed by atoms with E-state index in [1.54, 1.807) is 62.8 Å². The average Bonchev–Trinajstić information content (AvgIpc) is 3.09. The minimum Gasteiger partial charge on any atom is -0.497 e. The molecular weight excluding hydrogens is 376 g/mol. The largest absolute Gasteiger partial charge is 0.497 e.